The van der Waals surface area contributed by atoms with Gasteiger partial charge in [-0.15, -0.1) is 0 Å². The molecule has 1 aromatic carbocycles. The molecular weight excluding hydrogens is 230 g/mol. The number of imidazole rings is 1. The van der Waals surface area contributed by atoms with Crippen molar-refractivity contribution in [1.82, 2.24) is 9.97 Å². The van der Waals surface area contributed by atoms with Gasteiger partial charge in [0.25, 0.3) is 0 Å². The molecule has 1 heterocycles. The summed E-state index contributed by atoms with van der Waals surface area (Å²) in [6.07, 6.45) is 1.00. The van der Waals surface area contributed by atoms with Gasteiger partial charge >= 0.3 is 0 Å². The standard InChI is InChI=1S/C10H12ClN3S/c11-7-2-3-8-9(6-7)14-10(13-8)15-5-1-4-12/h2-3,6H,1,4-5,12H2,(H,13,14). The Morgan fingerprint density at radius 3 is 3.13 bits per heavy atom. The third kappa shape index (κ3) is 2.65. The first-order valence-electron chi connectivity index (χ1n) is 4.78. The van der Waals surface area contributed by atoms with Crippen molar-refractivity contribution in [3.05, 3.63) is 23.2 Å². The first kappa shape index (κ1) is 10.8. The Kier molecular flexibility index (Phi) is 3.51. The number of H-pyrrole nitrogens is 1. The van der Waals surface area contributed by atoms with Gasteiger partial charge in [-0.05, 0) is 31.2 Å². The summed E-state index contributed by atoms with van der Waals surface area (Å²) in [5.74, 6) is 0.990. The van der Waals surface area contributed by atoms with Crippen molar-refractivity contribution >= 4 is 34.4 Å². The minimum atomic E-state index is 0.721. The van der Waals surface area contributed by atoms with E-state index in [4.69, 9.17) is 17.3 Å². The monoisotopic (exact) mass is 241 g/mol. The summed E-state index contributed by atoms with van der Waals surface area (Å²) in [5.41, 5.74) is 7.36. The zero-order valence-corrected chi connectivity index (χ0v) is 9.74. The van der Waals surface area contributed by atoms with E-state index < -0.39 is 0 Å². The summed E-state index contributed by atoms with van der Waals surface area (Å²) >= 11 is 7.57. The molecular formula is C10H12ClN3S. The lowest BCUT2D eigenvalue weighted by Crippen LogP contribution is -1.99. The molecule has 0 fully saturated rings. The summed E-state index contributed by atoms with van der Waals surface area (Å²) in [6.45, 7) is 0.721. The molecule has 0 saturated heterocycles. The molecule has 0 spiro atoms. The van der Waals surface area contributed by atoms with Crippen molar-refractivity contribution in [3.63, 3.8) is 0 Å². The fraction of sp³-hybridized carbons (Fsp3) is 0.300. The van der Waals surface area contributed by atoms with Crippen LogP contribution < -0.4 is 5.73 Å². The topological polar surface area (TPSA) is 54.7 Å². The van der Waals surface area contributed by atoms with E-state index in [9.17, 15) is 0 Å². The summed E-state index contributed by atoms with van der Waals surface area (Å²) in [5, 5.41) is 1.66. The summed E-state index contributed by atoms with van der Waals surface area (Å²) < 4.78 is 0. The lowest BCUT2D eigenvalue weighted by atomic mass is 10.3. The molecule has 2 aromatic rings. The molecule has 1 aromatic heterocycles. The number of hydrogen-bond donors (Lipinski definition) is 2. The van der Waals surface area contributed by atoms with Crippen molar-refractivity contribution in [2.45, 2.75) is 11.6 Å². The van der Waals surface area contributed by atoms with Gasteiger partial charge < -0.3 is 10.7 Å². The molecule has 0 aliphatic rings. The molecule has 0 bridgehead atoms. The maximum Gasteiger partial charge on any atom is 0.166 e. The van der Waals surface area contributed by atoms with Crippen LogP contribution in [0.15, 0.2) is 23.4 Å². The minimum Gasteiger partial charge on any atom is -0.333 e. The zero-order chi connectivity index (χ0) is 10.7. The van der Waals surface area contributed by atoms with Gasteiger partial charge in [0, 0.05) is 10.8 Å². The molecule has 3 N–H and O–H groups in total. The van der Waals surface area contributed by atoms with Crippen LogP contribution in [0.2, 0.25) is 5.02 Å². The van der Waals surface area contributed by atoms with Crippen LogP contribution in [0.5, 0.6) is 0 Å². The Morgan fingerprint density at radius 1 is 1.47 bits per heavy atom. The highest BCUT2D eigenvalue weighted by Crippen LogP contribution is 2.22. The molecule has 0 atom stereocenters. The SMILES string of the molecule is NCCCSc1nc2ccc(Cl)cc2[nH]1. The molecule has 3 nitrogen and oxygen atoms in total. The molecule has 0 radical (unpaired) electrons. The van der Waals surface area contributed by atoms with Crippen molar-refractivity contribution in [3.8, 4) is 0 Å². The highest BCUT2D eigenvalue weighted by Gasteiger charge is 2.02. The highest BCUT2D eigenvalue weighted by molar-refractivity contribution is 7.99. The molecule has 0 saturated carbocycles. The number of aromatic amines is 1. The van der Waals surface area contributed by atoms with Crippen molar-refractivity contribution in [2.24, 2.45) is 5.73 Å². The maximum atomic E-state index is 5.88. The summed E-state index contributed by atoms with van der Waals surface area (Å²) in [6, 6.07) is 5.65. The summed E-state index contributed by atoms with van der Waals surface area (Å²) in [7, 11) is 0. The lowest BCUT2D eigenvalue weighted by molar-refractivity contribution is 0.938. The van der Waals surface area contributed by atoms with E-state index in [1.54, 1.807) is 11.8 Å². The first-order chi connectivity index (χ1) is 7.29. The number of rotatable bonds is 4. The number of thioether (sulfide) groups is 1. The van der Waals surface area contributed by atoms with E-state index in [1.165, 1.54) is 0 Å². The van der Waals surface area contributed by atoms with E-state index in [0.717, 1.165) is 39.9 Å². The molecule has 0 unspecified atom stereocenters. The van der Waals surface area contributed by atoms with Crippen LogP contribution >= 0.6 is 23.4 Å². The highest BCUT2D eigenvalue weighted by atomic mass is 35.5. The average Bonchev–Trinajstić information content (AvgIpc) is 2.60. The summed E-state index contributed by atoms with van der Waals surface area (Å²) in [4.78, 5) is 7.66. The number of nitrogens with one attached hydrogen (secondary N) is 1. The van der Waals surface area contributed by atoms with Crippen molar-refractivity contribution in [2.75, 3.05) is 12.3 Å². The first-order valence-corrected chi connectivity index (χ1v) is 6.14. The third-order valence-electron chi connectivity index (χ3n) is 2.01. The smallest absolute Gasteiger partial charge is 0.166 e. The van der Waals surface area contributed by atoms with Crippen LogP contribution in [-0.4, -0.2) is 22.3 Å². The number of halogens is 1. The number of fused-ring (bicyclic) bond motifs is 1. The molecule has 0 aliphatic carbocycles. The van der Waals surface area contributed by atoms with Gasteiger partial charge in [0.15, 0.2) is 5.16 Å². The predicted molar refractivity (Wildman–Crippen MR) is 65.5 cm³/mol. The number of nitrogens with two attached hydrogens (primary N) is 1. The number of nitrogens with zero attached hydrogens (tertiary/aromatic N) is 1. The quantitative estimate of drug-likeness (QED) is 0.639. The number of benzene rings is 1. The Balaban J connectivity index is 2.16. The van der Waals surface area contributed by atoms with Crippen LogP contribution in [0.3, 0.4) is 0 Å². The molecule has 2 rings (SSSR count). The van der Waals surface area contributed by atoms with E-state index in [0.29, 0.717) is 0 Å². The van der Waals surface area contributed by atoms with Gasteiger partial charge in [0.2, 0.25) is 0 Å². The fourth-order valence-corrected chi connectivity index (χ4v) is 2.30. The largest absolute Gasteiger partial charge is 0.333 e. The molecule has 0 aliphatic heterocycles. The van der Waals surface area contributed by atoms with Gasteiger partial charge in [-0.1, -0.05) is 23.4 Å². The zero-order valence-electron chi connectivity index (χ0n) is 8.16. The van der Waals surface area contributed by atoms with E-state index >= 15 is 0 Å². The Labute approximate surface area is 97.4 Å². The van der Waals surface area contributed by atoms with E-state index in [1.807, 2.05) is 18.2 Å². The van der Waals surface area contributed by atoms with Gasteiger partial charge in [-0.25, -0.2) is 4.98 Å². The Hall–Kier alpha value is -0.710. The second kappa shape index (κ2) is 4.88. The average molecular weight is 242 g/mol. The van der Waals surface area contributed by atoms with Crippen LogP contribution in [0, 0.1) is 0 Å². The number of hydrogen-bond acceptors (Lipinski definition) is 3. The van der Waals surface area contributed by atoms with E-state index in [-0.39, 0.29) is 0 Å². The molecule has 80 valence electrons. The second-order valence-corrected chi connectivity index (χ2v) is 4.71. The van der Waals surface area contributed by atoms with Crippen LogP contribution in [0.1, 0.15) is 6.42 Å². The number of aromatic nitrogens is 2. The third-order valence-corrected chi connectivity index (χ3v) is 3.20. The van der Waals surface area contributed by atoms with Crippen LogP contribution in [0.25, 0.3) is 11.0 Å². The van der Waals surface area contributed by atoms with Gasteiger partial charge in [0.05, 0.1) is 11.0 Å². The maximum absolute atomic E-state index is 5.88. The fourth-order valence-electron chi connectivity index (χ4n) is 1.28. The van der Waals surface area contributed by atoms with Crippen molar-refractivity contribution in [1.29, 1.82) is 0 Å². The Morgan fingerprint density at radius 2 is 2.33 bits per heavy atom. The second-order valence-electron chi connectivity index (χ2n) is 3.19. The lowest BCUT2D eigenvalue weighted by Gasteiger charge is -1.93. The normalized spacial score (nSPS) is 11.1. The van der Waals surface area contributed by atoms with Crippen molar-refractivity contribution < 1.29 is 0 Å². The molecule has 0 amide bonds. The van der Waals surface area contributed by atoms with E-state index in [2.05, 4.69) is 9.97 Å². The molecule has 5 heteroatoms. The van der Waals surface area contributed by atoms with Gasteiger partial charge in [-0.2, -0.15) is 0 Å². The van der Waals surface area contributed by atoms with Gasteiger partial charge in [0.1, 0.15) is 0 Å². The Bertz CT molecular complexity index is 455. The molecule has 15 heavy (non-hydrogen) atoms. The van der Waals surface area contributed by atoms with Crippen LogP contribution in [-0.2, 0) is 0 Å². The minimum absolute atomic E-state index is 0.721. The van der Waals surface area contributed by atoms with Crippen LogP contribution in [0.4, 0.5) is 0 Å². The predicted octanol–water partition coefficient (Wildman–Crippen LogP) is 2.66. The van der Waals surface area contributed by atoms with Gasteiger partial charge in [-0.3, -0.25) is 0 Å².